The van der Waals surface area contributed by atoms with Crippen LogP contribution in [-0.2, 0) is 9.84 Å². The molecule has 3 nitrogen and oxygen atoms in total. The van der Waals surface area contributed by atoms with E-state index in [4.69, 9.17) is 0 Å². The van der Waals surface area contributed by atoms with Crippen molar-refractivity contribution in [3.8, 4) is 0 Å². The van der Waals surface area contributed by atoms with Crippen molar-refractivity contribution in [2.75, 3.05) is 19.6 Å². The molecular formula is C14H17NO2S. The van der Waals surface area contributed by atoms with Gasteiger partial charge in [0.1, 0.15) is 0 Å². The van der Waals surface area contributed by atoms with Crippen molar-refractivity contribution in [2.24, 2.45) is 0 Å². The van der Waals surface area contributed by atoms with Crippen LogP contribution in [0.1, 0.15) is 24.8 Å². The number of sulfone groups is 1. The summed E-state index contributed by atoms with van der Waals surface area (Å²) < 4.78 is 24.0. The molecule has 1 aromatic carbocycles. The highest BCUT2D eigenvalue weighted by Gasteiger charge is 2.27. The molecule has 0 radical (unpaired) electrons. The molecule has 0 bridgehead atoms. The lowest BCUT2D eigenvalue weighted by Crippen LogP contribution is -2.30. The second-order valence-corrected chi connectivity index (χ2v) is 6.79. The third kappa shape index (κ3) is 2.10. The maximum atomic E-state index is 12.0. The molecule has 0 amide bonds. The van der Waals surface area contributed by atoms with Gasteiger partial charge in [0.2, 0.25) is 9.84 Å². The standard InChI is InChI=1S/C14H17NO2S/c16-18(17)11-12(10-15-8-4-1-5-9-15)13-6-2-3-7-14(13)18/h2-3,6-7,11H,1,4-5,8-10H2. The summed E-state index contributed by atoms with van der Waals surface area (Å²) >= 11 is 0. The molecule has 0 unspecified atom stereocenters. The summed E-state index contributed by atoms with van der Waals surface area (Å²) in [6.45, 7) is 2.93. The highest BCUT2D eigenvalue weighted by atomic mass is 32.2. The van der Waals surface area contributed by atoms with Gasteiger partial charge in [0, 0.05) is 12.0 Å². The van der Waals surface area contributed by atoms with Crippen molar-refractivity contribution in [3.05, 3.63) is 35.2 Å². The number of nitrogens with zero attached hydrogens (tertiary/aromatic N) is 1. The predicted octanol–water partition coefficient (Wildman–Crippen LogP) is 2.30. The van der Waals surface area contributed by atoms with Crippen LogP contribution in [0.2, 0.25) is 0 Å². The van der Waals surface area contributed by atoms with Crippen molar-refractivity contribution in [1.29, 1.82) is 0 Å². The zero-order valence-electron chi connectivity index (χ0n) is 10.3. The molecule has 3 rings (SSSR count). The smallest absolute Gasteiger partial charge is 0.200 e. The van der Waals surface area contributed by atoms with Gasteiger partial charge >= 0.3 is 0 Å². The Morgan fingerprint density at radius 2 is 1.78 bits per heavy atom. The van der Waals surface area contributed by atoms with Crippen LogP contribution in [0.4, 0.5) is 0 Å². The van der Waals surface area contributed by atoms with E-state index >= 15 is 0 Å². The Kier molecular flexibility index (Phi) is 2.99. The zero-order valence-corrected chi connectivity index (χ0v) is 11.1. The van der Waals surface area contributed by atoms with E-state index in [1.807, 2.05) is 12.1 Å². The van der Waals surface area contributed by atoms with Crippen LogP contribution < -0.4 is 0 Å². The second-order valence-electron chi connectivity index (χ2n) is 5.02. The highest BCUT2D eigenvalue weighted by Crippen LogP contribution is 2.33. The summed E-state index contributed by atoms with van der Waals surface area (Å²) in [5.41, 5.74) is 1.84. The molecule has 0 atom stereocenters. The van der Waals surface area contributed by atoms with Gasteiger partial charge in [-0.25, -0.2) is 8.42 Å². The number of benzene rings is 1. The molecule has 96 valence electrons. The average molecular weight is 263 g/mol. The van der Waals surface area contributed by atoms with Crippen LogP contribution >= 0.6 is 0 Å². The van der Waals surface area contributed by atoms with Crippen molar-refractivity contribution in [1.82, 2.24) is 4.90 Å². The first-order valence-corrected chi connectivity index (χ1v) is 7.99. The molecule has 2 heterocycles. The van der Waals surface area contributed by atoms with Crippen molar-refractivity contribution < 1.29 is 8.42 Å². The third-order valence-corrected chi connectivity index (χ3v) is 5.24. The monoisotopic (exact) mass is 263 g/mol. The van der Waals surface area contributed by atoms with Crippen LogP contribution in [0.3, 0.4) is 0 Å². The van der Waals surface area contributed by atoms with Gasteiger partial charge in [0.25, 0.3) is 0 Å². The van der Waals surface area contributed by atoms with Crippen LogP contribution in [0, 0.1) is 0 Å². The summed E-state index contributed by atoms with van der Waals surface area (Å²) in [5, 5.41) is 1.45. The first-order chi connectivity index (χ1) is 8.67. The summed E-state index contributed by atoms with van der Waals surface area (Å²) in [7, 11) is -3.19. The largest absolute Gasteiger partial charge is 0.299 e. The lowest BCUT2D eigenvalue weighted by atomic mass is 10.1. The molecule has 0 aliphatic carbocycles. The number of hydrogen-bond acceptors (Lipinski definition) is 3. The minimum absolute atomic E-state index is 0.469. The average Bonchev–Trinajstić information content (AvgIpc) is 2.63. The van der Waals surface area contributed by atoms with E-state index in [0.717, 1.165) is 30.8 Å². The number of rotatable bonds is 2. The molecule has 1 aromatic rings. The van der Waals surface area contributed by atoms with Gasteiger partial charge in [-0.15, -0.1) is 0 Å². The minimum atomic E-state index is -3.19. The topological polar surface area (TPSA) is 37.4 Å². The summed E-state index contributed by atoms with van der Waals surface area (Å²) in [4.78, 5) is 2.82. The van der Waals surface area contributed by atoms with Crippen molar-refractivity contribution >= 4 is 15.4 Å². The maximum Gasteiger partial charge on any atom is 0.200 e. The van der Waals surface area contributed by atoms with E-state index in [1.165, 1.54) is 24.7 Å². The minimum Gasteiger partial charge on any atom is -0.299 e. The molecule has 0 N–H and O–H groups in total. The number of likely N-dealkylation sites (tertiary alicyclic amines) is 1. The molecule has 2 aliphatic rings. The Bertz CT molecular complexity index is 584. The quantitative estimate of drug-likeness (QED) is 0.821. The molecular weight excluding hydrogens is 246 g/mol. The van der Waals surface area contributed by atoms with Gasteiger partial charge in [-0.2, -0.15) is 0 Å². The number of hydrogen-bond donors (Lipinski definition) is 0. The Labute approximate surface area is 108 Å². The van der Waals surface area contributed by atoms with E-state index in [2.05, 4.69) is 4.90 Å². The molecule has 0 spiro atoms. The molecule has 1 fully saturated rings. The van der Waals surface area contributed by atoms with Gasteiger partial charge in [-0.05, 0) is 43.1 Å². The first-order valence-electron chi connectivity index (χ1n) is 6.44. The fourth-order valence-electron chi connectivity index (χ4n) is 2.78. The van der Waals surface area contributed by atoms with Gasteiger partial charge in [0.05, 0.1) is 4.90 Å². The van der Waals surface area contributed by atoms with E-state index in [9.17, 15) is 8.42 Å². The van der Waals surface area contributed by atoms with Crippen LogP contribution in [0.5, 0.6) is 0 Å². The van der Waals surface area contributed by atoms with Gasteiger partial charge in [0.15, 0.2) is 0 Å². The highest BCUT2D eigenvalue weighted by molar-refractivity contribution is 7.95. The molecule has 1 saturated heterocycles. The Hall–Kier alpha value is -1.13. The maximum absolute atomic E-state index is 12.0. The summed E-state index contributed by atoms with van der Waals surface area (Å²) in [6.07, 6.45) is 3.74. The molecule has 0 aromatic heterocycles. The summed E-state index contributed by atoms with van der Waals surface area (Å²) in [6, 6.07) is 7.30. The SMILES string of the molecule is O=S1(=O)C=C(CN2CCCCC2)c2ccccc21. The number of piperidine rings is 1. The van der Waals surface area contributed by atoms with Crippen LogP contribution in [0.25, 0.3) is 5.57 Å². The zero-order chi connectivity index (χ0) is 12.6. The lowest BCUT2D eigenvalue weighted by molar-refractivity contribution is 0.255. The van der Waals surface area contributed by atoms with Gasteiger partial charge < -0.3 is 0 Å². The van der Waals surface area contributed by atoms with E-state index in [0.29, 0.717) is 4.90 Å². The lowest BCUT2D eigenvalue weighted by Gasteiger charge is -2.26. The van der Waals surface area contributed by atoms with Gasteiger partial charge in [-0.1, -0.05) is 24.6 Å². The van der Waals surface area contributed by atoms with Crippen LogP contribution in [0.15, 0.2) is 34.6 Å². The molecule has 18 heavy (non-hydrogen) atoms. The fraction of sp³-hybridized carbons (Fsp3) is 0.429. The molecule has 4 heteroatoms. The first kappa shape index (κ1) is 11.9. The Morgan fingerprint density at radius 1 is 1.06 bits per heavy atom. The van der Waals surface area contributed by atoms with E-state index in [-0.39, 0.29) is 0 Å². The van der Waals surface area contributed by atoms with Crippen molar-refractivity contribution in [2.45, 2.75) is 24.2 Å². The Morgan fingerprint density at radius 3 is 2.56 bits per heavy atom. The Balaban J connectivity index is 1.89. The van der Waals surface area contributed by atoms with Gasteiger partial charge in [-0.3, -0.25) is 4.90 Å². The van der Waals surface area contributed by atoms with E-state index in [1.54, 1.807) is 12.1 Å². The molecule has 0 saturated carbocycles. The van der Waals surface area contributed by atoms with Crippen molar-refractivity contribution in [3.63, 3.8) is 0 Å². The summed E-state index contributed by atoms with van der Waals surface area (Å²) in [5.74, 6) is 0. The number of fused-ring (bicyclic) bond motifs is 1. The normalized spacial score (nSPS) is 22.6. The molecule has 2 aliphatic heterocycles. The second kappa shape index (κ2) is 4.52. The fourth-order valence-corrected chi connectivity index (χ4v) is 4.25. The predicted molar refractivity (Wildman–Crippen MR) is 71.9 cm³/mol. The third-order valence-electron chi connectivity index (χ3n) is 3.68. The van der Waals surface area contributed by atoms with Crippen LogP contribution in [-0.4, -0.2) is 33.0 Å². The van der Waals surface area contributed by atoms with E-state index < -0.39 is 9.84 Å².